The van der Waals surface area contributed by atoms with Crippen molar-refractivity contribution >= 4 is 39.1 Å². The molecule has 33 heavy (non-hydrogen) atoms. The minimum atomic E-state index is -4.06. The van der Waals surface area contributed by atoms with Crippen molar-refractivity contribution in [3.8, 4) is 0 Å². The third kappa shape index (κ3) is 5.86. The third-order valence-electron chi connectivity index (χ3n) is 5.32. The van der Waals surface area contributed by atoms with E-state index in [1.54, 1.807) is 34.1 Å². The van der Waals surface area contributed by atoms with Gasteiger partial charge in [-0.15, -0.1) is 0 Å². The highest BCUT2D eigenvalue weighted by Crippen LogP contribution is 2.27. The molecule has 10 nitrogen and oxygen atoms in total. The molecule has 0 aliphatic carbocycles. The Labute approximate surface area is 196 Å². The van der Waals surface area contributed by atoms with Crippen LogP contribution < -0.4 is 4.72 Å². The van der Waals surface area contributed by atoms with Crippen LogP contribution in [0.15, 0.2) is 53.4 Å². The van der Waals surface area contributed by atoms with E-state index in [0.717, 1.165) is 18.2 Å². The number of nitrogens with zero attached hydrogens (tertiary/aromatic N) is 3. The van der Waals surface area contributed by atoms with E-state index in [1.807, 2.05) is 13.0 Å². The lowest BCUT2D eigenvalue weighted by Crippen LogP contribution is -2.55. The summed E-state index contributed by atoms with van der Waals surface area (Å²) < 4.78 is 27.2. The van der Waals surface area contributed by atoms with E-state index < -0.39 is 20.6 Å². The van der Waals surface area contributed by atoms with Gasteiger partial charge in [0.1, 0.15) is 5.02 Å². The number of rotatable bonds is 7. The van der Waals surface area contributed by atoms with E-state index >= 15 is 0 Å². The van der Waals surface area contributed by atoms with Crippen molar-refractivity contribution in [3.05, 3.63) is 69.2 Å². The van der Waals surface area contributed by atoms with Crippen LogP contribution in [0.5, 0.6) is 0 Å². The highest BCUT2D eigenvalue weighted by Gasteiger charge is 2.30. The van der Waals surface area contributed by atoms with E-state index in [4.69, 9.17) is 11.6 Å². The maximum Gasteiger partial charge on any atom is 0.289 e. The molecular formula is C21H23ClN4O6S. The molecule has 2 amide bonds. The molecule has 3 rings (SSSR count). The van der Waals surface area contributed by atoms with Crippen molar-refractivity contribution in [2.24, 2.45) is 0 Å². The SMILES string of the molecule is CC1CN(C(=O)CCNS(=O)(=O)c2ccc(Cl)c([N+](=O)[O-])c2)CCN1C(=O)c1ccccc1. The lowest BCUT2D eigenvalue weighted by molar-refractivity contribution is -0.384. The Balaban J connectivity index is 1.54. The molecule has 1 atom stereocenters. The van der Waals surface area contributed by atoms with Crippen molar-refractivity contribution in [3.63, 3.8) is 0 Å². The highest BCUT2D eigenvalue weighted by molar-refractivity contribution is 7.89. The molecule has 1 N–H and O–H groups in total. The summed E-state index contributed by atoms with van der Waals surface area (Å²) in [6.07, 6.45) is -0.0890. The van der Waals surface area contributed by atoms with E-state index in [0.29, 0.717) is 25.2 Å². The maximum absolute atomic E-state index is 12.7. The zero-order valence-corrected chi connectivity index (χ0v) is 19.4. The maximum atomic E-state index is 12.7. The van der Waals surface area contributed by atoms with Crippen molar-refractivity contribution in [2.75, 3.05) is 26.2 Å². The van der Waals surface area contributed by atoms with Gasteiger partial charge in [-0.3, -0.25) is 19.7 Å². The number of sulfonamides is 1. The summed E-state index contributed by atoms with van der Waals surface area (Å²) in [5.74, 6) is -0.349. The molecule has 1 heterocycles. The molecule has 1 aliphatic heterocycles. The van der Waals surface area contributed by atoms with E-state index in [-0.39, 0.29) is 40.7 Å². The Kier molecular flexibility index (Phi) is 7.67. The van der Waals surface area contributed by atoms with Crippen LogP contribution in [0.3, 0.4) is 0 Å². The molecule has 2 aromatic rings. The largest absolute Gasteiger partial charge is 0.339 e. The molecule has 1 aliphatic rings. The van der Waals surface area contributed by atoms with Gasteiger partial charge in [0.15, 0.2) is 0 Å². The van der Waals surface area contributed by atoms with Gasteiger partial charge in [0.2, 0.25) is 15.9 Å². The van der Waals surface area contributed by atoms with Gasteiger partial charge in [-0.2, -0.15) is 0 Å². The van der Waals surface area contributed by atoms with Crippen molar-refractivity contribution in [1.29, 1.82) is 0 Å². The zero-order chi connectivity index (χ0) is 24.2. The van der Waals surface area contributed by atoms with Gasteiger partial charge in [0.05, 0.1) is 9.82 Å². The number of carbonyl (C=O) groups is 2. The molecule has 12 heteroatoms. The molecule has 0 aromatic heterocycles. The second-order valence-corrected chi connectivity index (χ2v) is 9.75. The number of hydrogen-bond acceptors (Lipinski definition) is 6. The van der Waals surface area contributed by atoms with Crippen LogP contribution in [0.25, 0.3) is 0 Å². The molecular weight excluding hydrogens is 472 g/mol. The number of benzene rings is 2. The quantitative estimate of drug-likeness (QED) is 0.464. The average molecular weight is 495 g/mol. The van der Waals surface area contributed by atoms with E-state index in [2.05, 4.69) is 4.72 Å². The summed E-state index contributed by atoms with van der Waals surface area (Å²) in [6.45, 7) is 2.75. The van der Waals surface area contributed by atoms with Gasteiger partial charge >= 0.3 is 0 Å². The van der Waals surface area contributed by atoms with Crippen LogP contribution in [-0.2, 0) is 14.8 Å². The second-order valence-electron chi connectivity index (χ2n) is 7.57. The topological polar surface area (TPSA) is 130 Å². The normalized spacial score (nSPS) is 16.5. The first-order valence-corrected chi connectivity index (χ1v) is 12.0. The molecule has 0 radical (unpaired) electrons. The van der Waals surface area contributed by atoms with E-state index in [1.165, 1.54) is 0 Å². The first-order valence-electron chi connectivity index (χ1n) is 10.2. The first kappa shape index (κ1) is 24.6. The van der Waals surface area contributed by atoms with Gasteiger partial charge in [-0.1, -0.05) is 29.8 Å². The predicted octanol–water partition coefficient (Wildman–Crippen LogP) is 2.29. The Hall–Kier alpha value is -3.02. The van der Waals surface area contributed by atoms with Crippen LogP contribution in [0.1, 0.15) is 23.7 Å². The third-order valence-corrected chi connectivity index (χ3v) is 7.10. The standard InChI is InChI=1S/C21H23ClN4O6S/c1-15-14-24(11-12-25(15)21(28)16-5-3-2-4-6-16)20(27)9-10-23-33(31,32)17-7-8-18(22)19(13-17)26(29)30/h2-8,13,15,23H,9-12,14H2,1H3. The molecule has 1 fully saturated rings. The van der Waals surface area contributed by atoms with Gasteiger partial charge in [0.25, 0.3) is 11.6 Å². The van der Waals surface area contributed by atoms with Crippen molar-refractivity contribution in [2.45, 2.75) is 24.3 Å². The fraction of sp³-hybridized carbons (Fsp3) is 0.333. The number of hydrogen-bond donors (Lipinski definition) is 1. The fourth-order valence-corrected chi connectivity index (χ4v) is 4.80. The summed E-state index contributed by atoms with van der Waals surface area (Å²) in [7, 11) is -4.06. The highest BCUT2D eigenvalue weighted by atomic mass is 35.5. The average Bonchev–Trinajstić information content (AvgIpc) is 2.79. The number of nitro benzene ring substituents is 1. The van der Waals surface area contributed by atoms with Crippen LogP contribution in [0, 0.1) is 10.1 Å². The molecule has 1 saturated heterocycles. The molecule has 0 bridgehead atoms. The zero-order valence-electron chi connectivity index (χ0n) is 17.8. The van der Waals surface area contributed by atoms with Crippen LogP contribution in [0.2, 0.25) is 5.02 Å². The lowest BCUT2D eigenvalue weighted by atomic mass is 10.1. The number of carbonyl (C=O) groups excluding carboxylic acids is 2. The van der Waals surface area contributed by atoms with Gasteiger partial charge in [-0.25, -0.2) is 13.1 Å². The molecule has 1 unspecified atom stereocenters. The summed E-state index contributed by atoms with van der Waals surface area (Å²) in [5, 5.41) is 10.8. The van der Waals surface area contributed by atoms with Crippen LogP contribution in [0.4, 0.5) is 5.69 Å². The molecule has 176 valence electrons. The predicted molar refractivity (Wildman–Crippen MR) is 121 cm³/mol. The number of nitrogens with one attached hydrogen (secondary N) is 1. The van der Waals surface area contributed by atoms with Gasteiger partial charge in [0, 0.05) is 50.3 Å². The van der Waals surface area contributed by atoms with Gasteiger partial charge in [-0.05, 0) is 31.2 Å². The van der Waals surface area contributed by atoms with E-state index in [9.17, 15) is 28.1 Å². The Morgan fingerprint density at radius 3 is 2.52 bits per heavy atom. The first-order chi connectivity index (χ1) is 15.6. The number of nitro groups is 1. The molecule has 0 spiro atoms. The van der Waals surface area contributed by atoms with Gasteiger partial charge < -0.3 is 9.80 Å². The monoisotopic (exact) mass is 494 g/mol. The fourth-order valence-electron chi connectivity index (χ4n) is 3.57. The summed E-state index contributed by atoms with van der Waals surface area (Å²) in [5.41, 5.74) is 0.0634. The summed E-state index contributed by atoms with van der Waals surface area (Å²) >= 11 is 5.72. The Morgan fingerprint density at radius 1 is 1.18 bits per heavy atom. The van der Waals surface area contributed by atoms with Crippen LogP contribution >= 0.6 is 11.6 Å². The lowest BCUT2D eigenvalue weighted by Gasteiger charge is -2.40. The minimum absolute atomic E-state index is 0.0890. The number of halogens is 1. The van der Waals surface area contributed by atoms with Crippen LogP contribution in [-0.4, -0.2) is 67.2 Å². The summed E-state index contributed by atoms with van der Waals surface area (Å²) in [4.78, 5) is 38.5. The van der Waals surface area contributed by atoms with Crippen molar-refractivity contribution < 1.29 is 22.9 Å². The number of amides is 2. The molecule has 0 saturated carbocycles. The summed E-state index contributed by atoms with van der Waals surface area (Å²) in [6, 6.07) is 11.9. The second kappa shape index (κ2) is 10.3. The Bertz CT molecular complexity index is 1160. The number of piperazine rings is 1. The Morgan fingerprint density at radius 2 is 1.88 bits per heavy atom. The van der Waals surface area contributed by atoms with Crippen molar-refractivity contribution in [1.82, 2.24) is 14.5 Å². The minimum Gasteiger partial charge on any atom is -0.339 e. The molecule has 2 aromatic carbocycles. The smallest absolute Gasteiger partial charge is 0.289 e.